The third-order valence-corrected chi connectivity index (χ3v) is 4.81. The first kappa shape index (κ1) is 16.4. The monoisotopic (exact) mass is 372 g/mol. The molecule has 138 valence electrons. The number of aromatic amines is 1. The average molecular weight is 372 g/mol. The third kappa shape index (κ3) is 2.77. The van der Waals surface area contributed by atoms with Crippen molar-refractivity contribution in [2.45, 2.75) is 13.3 Å². The predicted octanol–water partition coefficient (Wildman–Crippen LogP) is 4.72. The van der Waals surface area contributed by atoms with E-state index in [2.05, 4.69) is 20.5 Å². The minimum atomic E-state index is -0.310. The maximum absolute atomic E-state index is 14.5. The number of aromatic nitrogens is 5. The summed E-state index contributed by atoms with van der Waals surface area (Å²) in [6.45, 7) is 2.00. The summed E-state index contributed by atoms with van der Waals surface area (Å²) < 4.78 is 16.4. The lowest BCUT2D eigenvalue weighted by Crippen LogP contribution is -2.02. The molecule has 0 amide bonds. The maximum atomic E-state index is 14.5. The topological polar surface area (TPSA) is 70.9 Å². The van der Waals surface area contributed by atoms with Gasteiger partial charge in [-0.25, -0.2) is 14.4 Å². The van der Waals surface area contributed by atoms with E-state index < -0.39 is 0 Å². The number of anilines is 2. The van der Waals surface area contributed by atoms with Crippen molar-refractivity contribution in [3.63, 3.8) is 0 Å². The summed E-state index contributed by atoms with van der Waals surface area (Å²) in [4.78, 5) is 9.07. The van der Waals surface area contributed by atoms with Crippen molar-refractivity contribution in [2.24, 2.45) is 0 Å². The van der Waals surface area contributed by atoms with Gasteiger partial charge in [0.15, 0.2) is 11.5 Å². The van der Waals surface area contributed by atoms with Crippen LogP contribution in [0.3, 0.4) is 0 Å². The predicted molar refractivity (Wildman–Crippen MR) is 107 cm³/mol. The Bertz CT molecular complexity index is 1300. The van der Waals surface area contributed by atoms with Crippen LogP contribution in [0.25, 0.3) is 27.8 Å². The molecule has 2 N–H and O–H groups in total. The summed E-state index contributed by atoms with van der Waals surface area (Å²) in [7, 11) is 0. The summed E-state index contributed by atoms with van der Waals surface area (Å²) in [5, 5.41) is 11.2. The lowest BCUT2D eigenvalue weighted by molar-refractivity contribution is 0.629. The fourth-order valence-corrected chi connectivity index (χ4v) is 3.26. The van der Waals surface area contributed by atoms with Crippen molar-refractivity contribution in [1.29, 1.82) is 0 Å². The molecule has 0 aliphatic carbocycles. The Balaban J connectivity index is 1.61. The molecule has 0 aliphatic heterocycles. The van der Waals surface area contributed by atoms with E-state index in [0.29, 0.717) is 17.2 Å². The molecule has 3 aromatic heterocycles. The van der Waals surface area contributed by atoms with Gasteiger partial charge in [0, 0.05) is 29.5 Å². The Morgan fingerprint density at radius 3 is 2.96 bits per heavy atom. The number of benzene rings is 2. The Labute approximate surface area is 160 Å². The molecule has 0 spiro atoms. The summed E-state index contributed by atoms with van der Waals surface area (Å²) in [6, 6.07) is 11.2. The third-order valence-electron chi connectivity index (χ3n) is 4.81. The Hall–Kier alpha value is -3.74. The van der Waals surface area contributed by atoms with Gasteiger partial charge in [-0.05, 0) is 30.2 Å². The molecule has 0 radical (unpaired) electrons. The largest absolute Gasteiger partial charge is 0.335 e. The van der Waals surface area contributed by atoms with Crippen molar-refractivity contribution in [3.8, 4) is 11.3 Å². The highest BCUT2D eigenvalue weighted by molar-refractivity contribution is 5.84. The number of rotatable bonds is 4. The van der Waals surface area contributed by atoms with Gasteiger partial charge in [0.05, 0.1) is 23.1 Å². The highest BCUT2D eigenvalue weighted by atomic mass is 19.1. The number of aryl methyl sites for hydroxylation is 1. The number of hydrogen-bond donors (Lipinski definition) is 2. The number of fused-ring (bicyclic) bond motifs is 2. The van der Waals surface area contributed by atoms with Crippen LogP contribution in [-0.4, -0.2) is 24.6 Å². The number of nitrogens with one attached hydrogen (secondary N) is 2. The quantitative estimate of drug-likeness (QED) is 0.479. The van der Waals surface area contributed by atoms with Gasteiger partial charge in [-0.3, -0.25) is 5.10 Å². The summed E-state index contributed by atoms with van der Waals surface area (Å²) in [5.41, 5.74) is 4.55. The second-order valence-electron chi connectivity index (χ2n) is 6.60. The van der Waals surface area contributed by atoms with Gasteiger partial charge in [-0.1, -0.05) is 25.1 Å². The second kappa shape index (κ2) is 6.45. The molecule has 0 fully saturated rings. The fourth-order valence-electron chi connectivity index (χ4n) is 3.26. The SMILES string of the molecule is CCc1ccc(Nc2nc(-c3ccc4cn[nH]c4c3)cn3ccnc23)c(F)c1. The molecule has 28 heavy (non-hydrogen) atoms. The van der Waals surface area contributed by atoms with Crippen LogP contribution in [-0.2, 0) is 6.42 Å². The number of hydrogen-bond acceptors (Lipinski definition) is 4. The number of halogens is 1. The first-order valence-electron chi connectivity index (χ1n) is 9.04. The lowest BCUT2D eigenvalue weighted by atomic mass is 10.1. The Morgan fingerprint density at radius 2 is 2.11 bits per heavy atom. The van der Waals surface area contributed by atoms with Gasteiger partial charge in [0.25, 0.3) is 0 Å². The van der Waals surface area contributed by atoms with Gasteiger partial charge in [0.1, 0.15) is 5.82 Å². The van der Waals surface area contributed by atoms with Crippen LogP contribution in [0.2, 0.25) is 0 Å². The van der Waals surface area contributed by atoms with Gasteiger partial charge >= 0.3 is 0 Å². The van der Waals surface area contributed by atoms with Crippen LogP contribution in [0.15, 0.2) is 61.2 Å². The molecule has 5 rings (SSSR count). The summed E-state index contributed by atoms with van der Waals surface area (Å²) >= 11 is 0. The normalized spacial score (nSPS) is 11.4. The van der Waals surface area contributed by atoms with Gasteiger partial charge in [-0.15, -0.1) is 0 Å². The second-order valence-corrected chi connectivity index (χ2v) is 6.60. The van der Waals surface area contributed by atoms with Crippen molar-refractivity contribution < 1.29 is 4.39 Å². The van der Waals surface area contributed by atoms with Crippen LogP contribution < -0.4 is 5.32 Å². The molecule has 2 aromatic carbocycles. The fraction of sp³-hybridized carbons (Fsp3) is 0.0952. The zero-order valence-corrected chi connectivity index (χ0v) is 15.1. The van der Waals surface area contributed by atoms with E-state index in [-0.39, 0.29) is 5.82 Å². The highest BCUT2D eigenvalue weighted by Crippen LogP contribution is 2.27. The smallest absolute Gasteiger partial charge is 0.180 e. The van der Waals surface area contributed by atoms with Crippen molar-refractivity contribution in [1.82, 2.24) is 24.6 Å². The van der Waals surface area contributed by atoms with E-state index in [4.69, 9.17) is 4.98 Å². The molecule has 0 aliphatic rings. The lowest BCUT2D eigenvalue weighted by Gasteiger charge is -2.11. The van der Waals surface area contributed by atoms with Gasteiger partial charge in [-0.2, -0.15) is 5.10 Å². The molecule has 0 bridgehead atoms. The first-order valence-corrected chi connectivity index (χ1v) is 9.04. The average Bonchev–Trinajstić information content (AvgIpc) is 3.37. The molecule has 7 heteroatoms. The Morgan fingerprint density at radius 1 is 1.18 bits per heavy atom. The number of nitrogens with zero attached hydrogens (tertiary/aromatic N) is 4. The minimum Gasteiger partial charge on any atom is -0.335 e. The summed E-state index contributed by atoms with van der Waals surface area (Å²) in [6.07, 6.45) is 8.01. The van der Waals surface area contributed by atoms with Crippen LogP contribution >= 0.6 is 0 Å². The van der Waals surface area contributed by atoms with Crippen molar-refractivity contribution >= 4 is 28.1 Å². The van der Waals surface area contributed by atoms with Gasteiger partial charge < -0.3 is 9.72 Å². The van der Waals surface area contributed by atoms with Crippen molar-refractivity contribution in [3.05, 3.63) is 72.6 Å². The maximum Gasteiger partial charge on any atom is 0.180 e. The number of imidazole rings is 1. The number of H-pyrrole nitrogens is 1. The molecule has 0 atom stereocenters. The molecular formula is C21H17FN6. The first-order chi connectivity index (χ1) is 13.7. The molecule has 0 saturated carbocycles. The van der Waals surface area contributed by atoms with Crippen molar-refractivity contribution in [2.75, 3.05) is 5.32 Å². The standard InChI is InChI=1S/C21H17FN6/c1-2-13-3-6-17(16(22)9-13)25-20-21-23-7-8-28(21)12-19(26-20)14-4-5-15-11-24-27-18(15)10-14/h3-12H,2H2,1H3,(H,24,27)(H,25,26). The van der Waals surface area contributed by atoms with E-state index in [1.54, 1.807) is 24.5 Å². The molecule has 3 heterocycles. The van der Waals surface area contributed by atoms with Crippen LogP contribution in [0.5, 0.6) is 0 Å². The van der Waals surface area contributed by atoms with Crippen LogP contribution in [0, 0.1) is 5.82 Å². The molecule has 6 nitrogen and oxygen atoms in total. The summed E-state index contributed by atoms with van der Waals surface area (Å²) in [5.74, 6) is 0.186. The van der Waals surface area contributed by atoms with E-state index in [9.17, 15) is 4.39 Å². The van der Waals surface area contributed by atoms with E-state index in [1.165, 1.54) is 0 Å². The molecule has 5 aromatic rings. The van der Waals surface area contributed by atoms with E-state index >= 15 is 0 Å². The zero-order chi connectivity index (χ0) is 19.1. The van der Waals surface area contributed by atoms with Gasteiger partial charge in [0.2, 0.25) is 0 Å². The highest BCUT2D eigenvalue weighted by Gasteiger charge is 2.12. The van der Waals surface area contributed by atoms with E-state index in [1.807, 2.05) is 48.0 Å². The minimum absolute atomic E-state index is 0.310. The zero-order valence-electron chi connectivity index (χ0n) is 15.1. The molecular weight excluding hydrogens is 355 g/mol. The van der Waals surface area contributed by atoms with Crippen LogP contribution in [0.4, 0.5) is 15.9 Å². The van der Waals surface area contributed by atoms with Crippen LogP contribution in [0.1, 0.15) is 12.5 Å². The molecule has 0 unspecified atom stereocenters. The molecule has 0 saturated heterocycles. The van der Waals surface area contributed by atoms with E-state index in [0.717, 1.165) is 34.1 Å². The Kier molecular flexibility index (Phi) is 3.79.